The highest BCUT2D eigenvalue weighted by molar-refractivity contribution is 5.98. The topological polar surface area (TPSA) is 84.7 Å². The highest BCUT2D eigenvalue weighted by Crippen LogP contribution is 2.26. The molecule has 1 aromatic carbocycles. The van der Waals surface area contributed by atoms with Gasteiger partial charge in [-0.15, -0.1) is 12.4 Å². The van der Waals surface area contributed by atoms with Crippen LogP contribution in [-0.4, -0.2) is 49.0 Å². The van der Waals surface area contributed by atoms with E-state index < -0.39 is 4.92 Å². The van der Waals surface area contributed by atoms with Gasteiger partial charge in [-0.2, -0.15) is 0 Å². The predicted octanol–water partition coefficient (Wildman–Crippen LogP) is 1.85. The van der Waals surface area contributed by atoms with Gasteiger partial charge in [0.05, 0.1) is 12.0 Å². The predicted molar refractivity (Wildman–Crippen MR) is 84.9 cm³/mol. The second kappa shape index (κ2) is 7.95. The maximum absolute atomic E-state index is 12.5. The highest BCUT2D eigenvalue weighted by atomic mass is 35.5. The number of rotatable bonds is 4. The molecule has 0 aromatic heterocycles. The Balaban J connectivity index is 0.00000242. The Morgan fingerprint density at radius 2 is 2.05 bits per heavy atom. The van der Waals surface area contributed by atoms with Crippen molar-refractivity contribution in [3.8, 4) is 5.75 Å². The fourth-order valence-corrected chi connectivity index (χ4v) is 2.51. The Labute approximate surface area is 135 Å². The molecule has 0 atom stereocenters. The number of piperidine rings is 1. The van der Waals surface area contributed by atoms with Gasteiger partial charge >= 0.3 is 0 Å². The first-order valence-corrected chi connectivity index (χ1v) is 6.85. The van der Waals surface area contributed by atoms with Crippen molar-refractivity contribution < 1.29 is 14.5 Å². The van der Waals surface area contributed by atoms with Crippen LogP contribution < -0.4 is 10.1 Å². The Bertz CT molecular complexity index is 545. The summed E-state index contributed by atoms with van der Waals surface area (Å²) < 4.78 is 5.06. The minimum absolute atomic E-state index is 0. The van der Waals surface area contributed by atoms with Crippen molar-refractivity contribution in [2.24, 2.45) is 0 Å². The SMILES string of the molecule is CNC1CCN(C(=O)c2cc(OC)ccc2[N+](=O)[O-])CC1.Cl. The molecule has 2 rings (SSSR count). The van der Waals surface area contributed by atoms with E-state index >= 15 is 0 Å². The monoisotopic (exact) mass is 329 g/mol. The Kier molecular flexibility index (Phi) is 6.58. The molecule has 122 valence electrons. The van der Waals surface area contributed by atoms with Gasteiger partial charge < -0.3 is 15.0 Å². The molecular weight excluding hydrogens is 310 g/mol. The number of benzene rings is 1. The van der Waals surface area contributed by atoms with E-state index in [0.717, 1.165) is 12.8 Å². The zero-order valence-corrected chi connectivity index (χ0v) is 13.4. The van der Waals surface area contributed by atoms with Gasteiger partial charge in [0.15, 0.2) is 0 Å². The average Bonchev–Trinajstić information content (AvgIpc) is 2.53. The third-order valence-corrected chi connectivity index (χ3v) is 3.82. The second-order valence-electron chi connectivity index (χ2n) is 5.00. The summed E-state index contributed by atoms with van der Waals surface area (Å²) in [6.45, 7) is 1.19. The van der Waals surface area contributed by atoms with Crippen molar-refractivity contribution in [2.45, 2.75) is 18.9 Å². The summed E-state index contributed by atoms with van der Waals surface area (Å²) in [5, 5.41) is 14.3. The molecule has 1 N–H and O–H groups in total. The van der Waals surface area contributed by atoms with Crippen LogP contribution in [0.2, 0.25) is 0 Å². The van der Waals surface area contributed by atoms with Crippen molar-refractivity contribution in [3.63, 3.8) is 0 Å². The number of carbonyl (C=O) groups is 1. The molecule has 1 aliphatic rings. The summed E-state index contributed by atoms with van der Waals surface area (Å²) >= 11 is 0. The molecule has 1 amide bonds. The van der Waals surface area contributed by atoms with Crippen LogP contribution in [0.1, 0.15) is 23.2 Å². The maximum Gasteiger partial charge on any atom is 0.282 e. The Hall–Kier alpha value is -1.86. The lowest BCUT2D eigenvalue weighted by Crippen LogP contribution is -2.44. The lowest BCUT2D eigenvalue weighted by Gasteiger charge is -2.31. The molecule has 0 saturated carbocycles. The fourth-order valence-electron chi connectivity index (χ4n) is 2.51. The van der Waals surface area contributed by atoms with E-state index in [9.17, 15) is 14.9 Å². The molecule has 1 aromatic rings. The number of likely N-dealkylation sites (tertiary alicyclic amines) is 1. The number of hydrogen-bond donors (Lipinski definition) is 1. The molecule has 7 nitrogen and oxygen atoms in total. The van der Waals surface area contributed by atoms with Crippen LogP contribution in [-0.2, 0) is 0 Å². The fraction of sp³-hybridized carbons (Fsp3) is 0.500. The first-order chi connectivity index (χ1) is 10.1. The summed E-state index contributed by atoms with van der Waals surface area (Å²) in [5.74, 6) is 0.129. The number of nitro groups is 1. The van der Waals surface area contributed by atoms with E-state index in [1.807, 2.05) is 7.05 Å². The second-order valence-corrected chi connectivity index (χ2v) is 5.00. The van der Waals surface area contributed by atoms with Crippen molar-refractivity contribution in [2.75, 3.05) is 27.2 Å². The van der Waals surface area contributed by atoms with Crippen LogP contribution in [0.25, 0.3) is 0 Å². The van der Waals surface area contributed by atoms with Crippen LogP contribution >= 0.6 is 12.4 Å². The van der Waals surface area contributed by atoms with Gasteiger partial charge in [-0.1, -0.05) is 0 Å². The normalized spacial score (nSPS) is 15.1. The number of nitrogens with zero attached hydrogens (tertiary/aromatic N) is 2. The number of amides is 1. The molecule has 0 aliphatic carbocycles. The standard InChI is InChI=1S/C14H19N3O4.ClH/c1-15-10-5-7-16(8-6-10)14(18)12-9-11(21-2)3-4-13(12)17(19)20;/h3-4,9-10,15H,5-8H2,1-2H3;1H. The molecule has 22 heavy (non-hydrogen) atoms. The average molecular weight is 330 g/mol. The number of methoxy groups -OCH3 is 1. The summed E-state index contributed by atoms with van der Waals surface area (Å²) in [4.78, 5) is 24.8. The van der Waals surface area contributed by atoms with Gasteiger partial charge in [0, 0.05) is 25.2 Å². The van der Waals surface area contributed by atoms with Gasteiger partial charge in [0.25, 0.3) is 11.6 Å². The van der Waals surface area contributed by atoms with Crippen LogP contribution in [0.5, 0.6) is 5.75 Å². The lowest BCUT2D eigenvalue weighted by atomic mass is 10.0. The summed E-state index contributed by atoms with van der Waals surface area (Å²) in [7, 11) is 3.36. The van der Waals surface area contributed by atoms with Gasteiger partial charge in [-0.25, -0.2) is 0 Å². The Morgan fingerprint density at radius 3 is 2.55 bits per heavy atom. The third-order valence-electron chi connectivity index (χ3n) is 3.82. The van der Waals surface area contributed by atoms with E-state index in [4.69, 9.17) is 4.74 Å². The first kappa shape index (κ1) is 18.2. The van der Waals surface area contributed by atoms with E-state index in [1.165, 1.54) is 25.3 Å². The number of nitro benzene ring substituents is 1. The molecule has 0 spiro atoms. The maximum atomic E-state index is 12.5. The van der Waals surface area contributed by atoms with Crippen LogP contribution in [0, 0.1) is 10.1 Å². The first-order valence-electron chi connectivity index (χ1n) is 6.85. The number of halogens is 1. The smallest absolute Gasteiger partial charge is 0.282 e. The molecule has 0 radical (unpaired) electrons. The van der Waals surface area contributed by atoms with Crippen LogP contribution in [0.3, 0.4) is 0 Å². The zero-order valence-electron chi connectivity index (χ0n) is 12.6. The number of hydrogen-bond acceptors (Lipinski definition) is 5. The lowest BCUT2D eigenvalue weighted by molar-refractivity contribution is -0.385. The van der Waals surface area contributed by atoms with Gasteiger partial charge in [-0.3, -0.25) is 14.9 Å². The summed E-state index contributed by atoms with van der Waals surface area (Å²) in [6, 6.07) is 4.63. The largest absolute Gasteiger partial charge is 0.497 e. The minimum Gasteiger partial charge on any atom is -0.497 e. The molecule has 1 aliphatic heterocycles. The van der Waals surface area contributed by atoms with Crippen molar-refractivity contribution >= 4 is 24.0 Å². The van der Waals surface area contributed by atoms with E-state index in [-0.39, 0.29) is 29.6 Å². The third kappa shape index (κ3) is 3.86. The minimum atomic E-state index is -0.535. The molecule has 0 unspecified atom stereocenters. The molecular formula is C14H20ClN3O4. The highest BCUT2D eigenvalue weighted by Gasteiger charge is 2.28. The zero-order chi connectivity index (χ0) is 15.4. The Morgan fingerprint density at radius 1 is 1.41 bits per heavy atom. The molecule has 1 fully saturated rings. The van der Waals surface area contributed by atoms with Crippen molar-refractivity contribution in [1.29, 1.82) is 0 Å². The van der Waals surface area contributed by atoms with E-state index in [2.05, 4.69) is 5.32 Å². The van der Waals surface area contributed by atoms with Gasteiger partial charge in [0.1, 0.15) is 11.3 Å². The number of nitrogens with one attached hydrogen (secondary N) is 1. The molecule has 1 heterocycles. The summed E-state index contributed by atoms with van der Waals surface area (Å²) in [6.07, 6.45) is 1.69. The summed E-state index contributed by atoms with van der Waals surface area (Å²) in [5.41, 5.74) is -0.0983. The quantitative estimate of drug-likeness (QED) is 0.673. The molecule has 8 heteroatoms. The van der Waals surface area contributed by atoms with Crippen LogP contribution in [0.15, 0.2) is 18.2 Å². The molecule has 1 saturated heterocycles. The van der Waals surface area contributed by atoms with Crippen molar-refractivity contribution in [1.82, 2.24) is 10.2 Å². The van der Waals surface area contributed by atoms with Crippen molar-refractivity contribution in [3.05, 3.63) is 33.9 Å². The van der Waals surface area contributed by atoms with E-state index in [0.29, 0.717) is 24.9 Å². The molecule has 0 bridgehead atoms. The number of carbonyl (C=O) groups excluding carboxylic acids is 1. The number of ether oxygens (including phenoxy) is 1. The van der Waals surface area contributed by atoms with Gasteiger partial charge in [-0.05, 0) is 32.0 Å². The van der Waals surface area contributed by atoms with Gasteiger partial charge in [0.2, 0.25) is 0 Å². The van der Waals surface area contributed by atoms with E-state index in [1.54, 1.807) is 4.90 Å². The van der Waals surface area contributed by atoms with Crippen LogP contribution in [0.4, 0.5) is 5.69 Å².